The van der Waals surface area contributed by atoms with E-state index in [9.17, 15) is 0 Å². The molecule has 0 aromatic heterocycles. The van der Waals surface area contributed by atoms with E-state index in [0.29, 0.717) is 5.92 Å². The molecule has 0 bridgehead atoms. The lowest BCUT2D eigenvalue weighted by molar-refractivity contribution is 0.203. The molecule has 16 heavy (non-hydrogen) atoms. The Kier molecular flexibility index (Phi) is 4.85. The van der Waals surface area contributed by atoms with E-state index in [1.807, 2.05) is 0 Å². The molecule has 1 nitrogen and oxygen atoms in total. The largest absolute Gasteiger partial charge is 0.493 e. The van der Waals surface area contributed by atoms with Gasteiger partial charge in [0.1, 0.15) is 5.75 Å². The SMILES string of the molecule is CC(C)c1ccc(OCC(C)(C)CBr)cc1. The van der Waals surface area contributed by atoms with Gasteiger partial charge in [-0.05, 0) is 23.6 Å². The van der Waals surface area contributed by atoms with Crippen LogP contribution in [-0.2, 0) is 0 Å². The number of rotatable bonds is 5. The van der Waals surface area contributed by atoms with Gasteiger partial charge in [0.15, 0.2) is 0 Å². The summed E-state index contributed by atoms with van der Waals surface area (Å²) in [6, 6.07) is 8.39. The van der Waals surface area contributed by atoms with E-state index in [4.69, 9.17) is 4.74 Å². The first-order valence-corrected chi connectivity index (χ1v) is 6.85. The highest BCUT2D eigenvalue weighted by Crippen LogP contribution is 2.22. The molecule has 1 aromatic carbocycles. The summed E-state index contributed by atoms with van der Waals surface area (Å²) in [5.74, 6) is 1.53. The first kappa shape index (κ1) is 13.6. The maximum atomic E-state index is 5.77. The minimum atomic E-state index is 0.177. The second-order valence-corrected chi connectivity index (χ2v) is 5.87. The highest BCUT2D eigenvalue weighted by Gasteiger charge is 2.16. The highest BCUT2D eigenvalue weighted by molar-refractivity contribution is 9.09. The lowest BCUT2D eigenvalue weighted by atomic mass is 9.98. The predicted molar refractivity (Wildman–Crippen MR) is 73.6 cm³/mol. The average Bonchev–Trinajstić information content (AvgIpc) is 2.27. The lowest BCUT2D eigenvalue weighted by Crippen LogP contribution is -2.22. The third-order valence-electron chi connectivity index (χ3n) is 2.54. The van der Waals surface area contributed by atoms with E-state index in [-0.39, 0.29) is 5.41 Å². The summed E-state index contributed by atoms with van der Waals surface area (Å²) < 4.78 is 5.77. The Labute approximate surface area is 107 Å². The van der Waals surface area contributed by atoms with Gasteiger partial charge in [0, 0.05) is 10.7 Å². The third kappa shape index (κ3) is 4.17. The Bertz CT molecular complexity index is 314. The van der Waals surface area contributed by atoms with E-state index in [0.717, 1.165) is 17.7 Å². The quantitative estimate of drug-likeness (QED) is 0.718. The second kappa shape index (κ2) is 5.72. The van der Waals surface area contributed by atoms with Gasteiger partial charge in [-0.1, -0.05) is 55.8 Å². The molecule has 0 aliphatic heterocycles. The third-order valence-corrected chi connectivity index (χ3v) is 4.06. The van der Waals surface area contributed by atoms with E-state index in [1.165, 1.54) is 5.56 Å². The van der Waals surface area contributed by atoms with Crippen molar-refractivity contribution in [3.8, 4) is 5.75 Å². The van der Waals surface area contributed by atoms with Crippen LogP contribution in [0.2, 0.25) is 0 Å². The first-order valence-electron chi connectivity index (χ1n) is 5.73. The van der Waals surface area contributed by atoms with Crippen LogP contribution in [0.25, 0.3) is 0 Å². The minimum absolute atomic E-state index is 0.177. The van der Waals surface area contributed by atoms with Crippen molar-refractivity contribution in [2.45, 2.75) is 33.6 Å². The van der Waals surface area contributed by atoms with E-state index < -0.39 is 0 Å². The van der Waals surface area contributed by atoms with Crippen LogP contribution in [0.1, 0.15) is 39.2 Å². The van der Waals surface area contributed by atoms with Gasteiger partial charge < -0.3 is 4.74 Å². The van der Waals surface area contributed by atoms with Gasteiger partial charge in [-0.25, -0.2) is 0 Å². The van der Waals surface area contributed by atoms with Gasteiger partial charge in [0.05, 0.1) is 6.61 Å². The zero-order valence-electron chi connectivity index (χ0n) is 10.6. The molecule has 0 unspecified atom stereocenters. The van der Waals surface area contributed by atoms with E-state index >= 15 is 0 Å². The van der Waals surface area contributed by atoms with Gasteiger partial charge in [0.25, 0.3) is 0 Å². The molecule has 1 rings (SSSR count). The number of hydrogen-bond acceptors (Lipinski definition) is 1. The summed E-state index contributed by atoms with van der Waals surface area (Å²) in [5, 5.41) is 0.948. The van der Waals surface area contributed by atoms with Crippen LogP contribution in [-0.4, -0.2) is 11.9 Å². The van der Waals surface area contributed by atoms with Crippen molar-refractivity contribution in [3.05, 3.63) is 29.8 Å². The molecule has 0 saturated carbocycles. The van der Waals surface area contributed by atoms with Crippen molar-refractivity contribution < 1.29 is 4.74 Å². The van der Waals surface area contributed by atoms with Gasteiger partial charge in [-0.3, -0.25) is 0 Å². The maximum Gasteiger partial charge on any atom is 0.119 e. The zero-order chi connectivity index (χ0) is 12.2. The normalized spacial score (nSPS) is 11.9. The van der Waals surface area contributed by atoms with Crippen LogP contribution in [0.15, 0.2) is 24.3 Å². The first-order chi connectivity index (χ1) is 7.44. The molecule has 1 aromatic rings. The molecule has 0 N–H and O–H groups in total. The van der Waals surface area contributed by atoms with Crippen LogP contribution in [0, 0.1) is 5.41 Å². The summed E-state index contributed by atoms with van der Waals surface area (Å²) in [5.41, 5.74) is 1.53. The molecule has 0 saturated heterocycles. The average molecular weight is 285 g/mol. The topological polar surface area (TPSA) is 9.23 Å². The van der Waals surface area contributed by atoms with Crippen molar-refractivity contribution in [3.63, 3.8) is 0 Å². The van der Waals surface area contributed by atoms with E-state index in [1.54, 1.807) is 0 Å². The summed E-state index contributed by atoms with van der Waals surface area (Å²) in [6.07, 6.45) is 0. The molecule has 0 aliphatic rings. The van der Waals surface area contributed by atoms with Gasteiger partial charge in [-0.15, -0.1) is 0 Å². The lowest BCUT2D eigenvalue weighted by Gasteiger charge is -2.21. The molecular formula is C14H21BrO. The zero-order valence-corrected chi connectivity index (χ0v) is 12.2. The fraction of sp³-hybridized carbons (Fsp3) is 0.571. The van der Waals surface area contributed by atoms with Crippen molar-refractivity contribution in [1.82, 2.24) is 0 Å². The highest BCUT2D eigenvalue weighted by atomic mass is 79.9. The predicted octanol–water partition coefficient (Wildman–Crippen LogP) is 4.61. The van der Waals surface area contributed by atoms with Crippen molar-refractivity contribution in [2.24, 2.45) is 5.41 Å². The van der Waals surface area contributed by atoms with Crippen LogP contribution >= 0.6 is 15.9 Å². The maximum absolute atomic E-state index is 5.77. The van der Waals surface area contributed by atoms with Gasteiger partial charge in [-0.2, -0.15) is 0 Å². The van der Waals surface area contributed by atoms with Gasteiger partial charge >= 0.3 is 0 Å². The molecule has 0 atom stereocenters. The monoisotopic (exact) mass is 284 g/mol. The standard InChI is InChI=1S/C14H21BrO/c1-11(2)12-5-7-13(8-6-12)16-10-14(3,4)9-15/h5-8,11H,9-10H2,1-4H3. The van der Waals surface area contributed by atoms with Crippen molar-refractivity contribution in [1.29, 1.82) is 0 Å². The van der Waals surface area contributed by atoms with Crippen molar-refractivity contribution in [2.75, 3.05) is 11.9 Å². The van der Waals surface area contributed by atoms with Gasteiger partial charge in [0.2, 0.25) is 0 Å². The summed E-state index contributed by atoms with van der Waals surface area (Å²) in [4.78, 5) is 0. The molecule has 0 radical (unpaired) electrons. The Morgan fingerprint density at radius 1 is 1.19 bits per heavy atom. The fourth-order valence-corrected chi connectivity index (χ4v) is 1.43. The summed E-state index contributed by atoms with van der Waals surface area (Å²) in [7, 11) is 0. The van der Waals surface area contributed by atoms with Crippen LogP contribution in [0.5, 0.6) is 5.75 Å². The molecule has 0 amide bonds. The van der Waals surface area contributed by atoms with Crippen LogP contribution in [0.4, 0.5) is 0 Å². The van der Waals surface area contributed by atoms with Crippen molar-refractivity contribution >= 4 is 15.9 Å². The molecular weight excluding hydrogens is 264 g/mol. The van der Waals surface area contributed by atoms with E-state index in [2.05, 4.69) is 67.9 Å². The van der Waals surface area contributed by atoms with Crippen LogP contribution in [0.3, 0.4) is 0 Å². The smallest absolute Gasteiger partial charge is 0.119 e. The molecule has 2 heteroatoms. The Morgan fingerprint density at radius 2 is 1.75 bits per heavy atom. The Balaban J connectivity index is 2.56. The molecule has 0 heterocycles. The van der Waals surface area contributed by atoms with Crippen LogP contribution < -0.4 is 4.74 Å². The number of benzene rings is 1. The second-order valence-electron chi connectivity index (χ2n) is 5.31. The summed E-state index contributed by atoms with van der Waals surface area (Å²) >= 11 is 3.50. The molecule has 0 aliphatic carbocycles. The summed E-state index contributed by atoms with van der Waals surface area (Å²) in [6.45, 7) is 9.50. The Hall–Kier alpha value is -0.500. The molecule has 0 fully saturated rings. The molecule has 90 valence electrons. The number of ether oxygens (including phenoxy) is 1. The fourth-order valence-electron chi connectivity index (χ4n) is 1.27. The molecule has 0 spiro atoms. The number of halogens is 1. The minimum Gasteiger partial charge on any atom is -0.493 e. The number of alkyl halides is 1. The number of hydrogen-bond donors (Lipinski definition) is 0. The Morgan fingerprint density at radius 3 is 2.19 bits per heavy atom.